The highest BCUT2D eigenvalue weighted by molar-refractivity contribution is 6.67. The van der Waals surface area contributed by atoms with Crippen molar-refractivity contribution in [2.24, 2.45) is 0 Å². The van der Waals surface area contributed by atoms with Crippen molar-refractivity contribution in [1.29, 1.82) is 0 Å². The molecule has 0 bridgehead atoms. The summed E-state index contributed by atoms with van der Waals surface area (Å²) in [6.45, 7) is 0.487. The van der Waals surface area contributed by atoms with Gasteiger partial charge < -0.3 is 4.74 Å². The predicted molar refractivity (Wildman–Crippen MR) is 124 cm³/mol. The Balaban J connectivity index is 1.75. The Bertz CT molecular complexity index is 983. The lowest BCUT2D eigenvalue weighted by atomic mass is 10.2. The quantitative estimate of drug-likeness (QED) is 0.330. The second kappa shape index (κ2) is 9.90. The van der Waals surface area contributed by atoms with Gasteiger partial charge in [-0.1, -0.05) is 118 Å². The predicted octanol–water partition coefficient (Wildman–Crippen LogP) is 7.27. The Kier molecular flexibility index (Phi) is 7.72. The van der Waals surface area contributed by atoms with E-state index in [2.05, 4.69) is 15.0 Å². The fourth-order valence-corrected chi connectivity index (χ4v) is 2.81. The van der Waals surface area contributed by atoms with Gasteiger partial charge in [-0.05, 0) is 29.3 Å². The van der Waals surface area contributed by atoms with Crippen LogP contribution in [0.4, 0.5) is 0 Å². The Labute approximate surface area is 203 Å². The van der Waals surface area contributed by atoms with Gasteiger partial charge in [0.1, 0.15) is 12.4 Å². The van der Waals surface area contributed by atoms with Gasteiger partial charge in [-0.3, -0.25) is 0 Å². The molecule has 3 rings (SSSR count). The Hall–Kier alpha value is -1.27. The van der Waals surface area contributed by atoms with Crippen molar-refractivity contribution in [3.05, 3.63) is 83.2 Å². The normalized spacial score (nSPS) is 12.3. The third-order valence-corrected chi connectivity index (χ3v) is 4.73. The molecule has 30 heavy (non-hydrogen) atoms. The van der Waals surface area contributed by atoms with Crippen LogP contribution in [0.25, 0.3) is 12.2 Å². The zero-order valence-corrected chi connectivity index (χ0v) is 19.6. The van der Waals surface area contributed by atoms with Crippen LogP contribution in [-0.4, -0.2) is 15.0 Å². The van der Waals surface area contributed by atoms with E-state index < -0.39 is 7.59 Å². The molecule has 4 nitrogen and oxygen atoms in total. The number of aromatic nitrogens is 3. The van der Waals surface area contributed by atoms with Crippen molar-refractivity contribution >= 4 is 81.8 Å². The van der Waals surface area contributed by atoms with Crippen molar-refractivity contribution in [2.45, 2.75) is 14.2 Å². The zero-order valence-electron chi connectivity index (χ0n) is 15.1. The molecular formula is C20H13Cl6N3O. The second-order valence-electron chi connectivity index (χ2n) is 6.01. The molecule has 1 heterocycles. The summed E-state index contributed by atoms with van der Waals surface area (Å²) in [5.41, 5.74) is 1.96. The first-order valence-electron chi connectivity index (χ1n) is 8.46. The van der Waals surface area contributed by atoms with E-state index in [0.717, 1.165) is 16.9 Å². The molecule has 3 aromatic rings. The molecule has 156 valence electrons. The maximum Gasteiger partial charge on any atom is 0.250 e. The van der Waals surface area contributed by atoms with Crippen molar-refractivity contribution in [1.82, 2.24) is 15.0 Å². The van der Waals surface area contributed by atoms with Crippen LogP contribution in [0.5, 0.6) is 5.75 Å². The average Bonchev–Trinajstić information content (AvgIpc) is 2.71. The van der Waals surface area contributed by atoms with E-state index in [1.807, 2.05) is 54.6 Å². The number of nitrogens with zero attached hydrogens (tertiary/aromatic N) is 3. The molecule has 0 fully saturated rings. The van der Waals surface area contributed by atoms with E-state index >= 15 is 0 Å². The van der Waals surface area contributed by atoms with Gasteiger partial charge in [-0.25, -0.2) is 15.0 Å². The van der Waals surface area contributed by atoms with Crippen LogP contribution in [-0.2, 0) is 14.2 Å². The molecule has 0 atom stereocenters. The van der Waals surface area contributed by atoms with Gasteiger partial charge in [0, 0.05) is 0 Å². The fraction of sp³-hybridized carbons (Fsp3) is 0.150. The summed E-state index contributed by atoms with van der Waals surface area (Å²) in [4.78, 5) is 12.1. The topological polar surface area (TPSA) is 47.9 Å². The highest BCUT2D eigenvalue weighted by Gasteiger charge is 2.33. The van der Waals surface area contributed by atoms with E-state index in [1.165, 1.54) is 0 Å². The first kappa shape index (κ1) is 23.4. The number of benzene rings is 2. The van der Waals surface area contributed by atoms with E-state index in [9.17, 15) is 0 Å². The fourth-order valence-electron chi connectivity index (χ4n) is 2.31. The minimum absolute atomic E-state index is 0.145. The Morgan fingerprint density at radius 1 is 0.700 bits per heavy atom. The summed E-state index contributed by atoms with van der Waals surface area (Å²) < 4.78 is 1.98. The number of rotatable bonds is 5. The molecule has 0 N–H and O–H groups in total. The van der Waals surface area contributed by atoms with E-state index in [4.69, 9.17) is 74.3 Å². The van der Waals surface area contributed by atoms with Crippen molar-refractivity contribution in [3.8, 4) is 5.75 Å². The molecule has 0 amide bonds. The monoisotopic (exact) mass is 521 g/mol. The largest absolute Gasteiger partial charge is 0.489 e. The molecule has 0 unspecified atom stereocenters. The molecule has 2 aromatic carbocycles. The van der Waals surface area contributed by atoms with Gasteiger partial charge in [0.2, 0.25) is 7.59 Å². The van der Waals surface area contributed by atoms with Gasteiger partial charge in [-0.15, -0.1) is 0 Å². The van der Waals surface area contributed by atoms with Crippen LogP contribution in [0.1, 0.15) is 28.6 Å². The van der Waals surface area contributed by atoms with Gasteiger partial charge in [0.05, 0.1) is 0 Å². The Morgan fingerprint density at radius 2 is 1.27 bits per heavy atom. The Morgan fingerprint density at radius 3 is 1.80 bits per heavy atom. The van der Waals surface area contributed by atoms with Crippen molar-refractivity contribution in [3.63, 3.8) is 0 Å². The van der Waals surface area contributed by atoms with Crippen LogP contribution >= 0.6 is 69.6 Å². The molecule has 0 saturated heterocycles. The second-order valence-corrected chi connectivity index (χ2v) is 10.6. The first-order chi connectivity index (χ1) is 14.1. The smallest absolute Gasteiger partial charge is 0.250 e. The SMILES string of the molecule is ClC(Cl)(Cl)c1nc(C=Cc2ccc(OCc3ccccc3)cc2)nc(C(Cl)(Cl)Cl)n1. The number of hydrogen-bond acceptors (Lipinski definition) is 4. The van der Waals surface area contributed by atoms with E-state index in [0.29, 0.717) is 6.61 Å². The zero-order chi connectivity index (χ0) is 21.8. The van der Waals surface area contributed by atoms with Crippen molar-refractivity contribution in [2.75, 3.05) is 0 Å². The van der Waals surface area contributed by atoms with Crippen LogP contribution in [0.15, 0.2) is 54.6 Å². The molecular weight excluding hydrogens is 511 g/mol. The minimum Gasteiger partial charge on any atom is -0.489 e. The first-order valence-corrected chi connectivity index (χ1v) is 10.7. The third-order valence-electron chi connectivity index (χ3n) is 3.71. The van der Waals surface area contributed by atoms with Crippen LogP contribution < -0.4 is 4.74 Å². The summed E-state index contributed by atoms with van der Waals surface area (Å²) >= 11 is 35.2. The summed E-state index contributed by atoms with van der Waals surface area (Å²) in [5.74, 6) is 0.631. The molecule has 0 radical (unpaired) electrons. The number of hydrogen-bond donors (Lipinski definition) is 0. The van der Waals surface area contributed by atoms with E-state index in [1.54, 1.807) is 12.2 Å². The van der Waals surface area contributed by atoms with Crippen LogP contribution in [0.3, 0.4) is 0 Å². The van der Waals surface area contributed by atoms with Gasteiger partial charge in [0.25, 0.3) is 0 Å². The number of halogens is 6. The van der Waals surface area contributed by atoms with Crippen LogP contribution in [0.2, 0.25) is 0 Å². The highest BCUT2D eigenvalue weighted by Crippen LogP contribution is 2.40. The standard InChI is InChI=1S/C20H13Cl6N3O/c21-19(22,23)17-27-16(28-18(29-17)20(24,25)26)11-8-13-6-9-15(10-7-13)30-12-14-4-2-1-3-5-14/h1-11H,12H2. The molecule has 0 aliphatic carbocycles. The molecule has 0 saturated carbocycles. The summed E-state index contributed by atoms with van der Waals surface area (Å²) in [7, 11) is 0. The third kappa shape index (κ3) is 6.88. The molecule has 1 aromatic heterocycles. The van der Waals surface area contributed by atoms with E-state index in [-0.39, 0.29) is 17.5 Å². The minimum atomic E-state index is -1.89. The van der Waals surface area contributed by atoms with Gasteiger partial charge in [0.15, 0.2) is 17.5 Å². The number of ether oxygens (including phenoxy) is 1. The lowest BCUT2D eigenvalue weighted by Gasteiger charge is -2.14. The number of alkyl halides is 6. The average molecular weight is 524 g/mol. The molecule has 0 spiro atoms. The molecule has 10 heteroatoms. The lowest BCUT2D eigenvalue weighted by molar-refractivity contribution is 0.306. The van der Waals surface area contributed by atoms with Crippen molar-refractivity contribution < 1.29 is 4.74 Å². The van der Waals surface area contributed by atoms with Gasteiger partial charge >= 0.3 is 0 Å². The molecule has 0 aliphatic rings. The summed E-state index contributed by atoms with van der Waals surface area (Å²) in [6, 6.07) is 17.4. The summed E-state index contributed by atoms with van der Waals surface area (Å²) in [6.07, 6.45) is 3.36. The highest BCUT2D eigenvalue weighted by atomic mass is 35.6. The van der Waals surface area contributed by atoms with Gasteiger partial charge in [-0.2, -0.15) is 0 Å². The summed E-state index contributed by atoms with van der Waals surface area (Å²) in [5, 5.41) is 0. The maximum atomic E-state index is 5.87. The lowest BCUT2D eigenvalue weighted by Crippen LogP contribution is -2.16. The molecule has 0 aliphatic heterocycles. The van der Waals surface area contributed by atoms with Crippen LogP contribution in [0, 0.1) is 0 Å². The maximum absolute atomic E-state index is 5.87.